The molecule has 3 aromatic rings. The number of carbonyl (C=O) groups is 1. The van der Waals surface area contributed by atoms with Gasteiger partial charge in [0.2, 0.25) is 11.7 Å². The van der Waals surface area contributed by atoms with E-state index in [0.29, 0.717) is 40.9 Å². The number of hydrogen-bond acceptors (Lipinski definition) is 7. The molecule has 0 N–H and O–H groups in total. The first-order chi connectivity index (χ1) is 15.5. The monoisotopic (exact) mass is 439 g/mol. The minimum absolute atomic E-state index is 0.158. The van der Waals surface area contributed by atoms with Crippen molar-refractivity contribution in [2.24, 2.45) is 0 Å². The van der Waals surface area contributed by atoms with Gasteiger partial charge in [-0.05, 0) is 42.7 Å². The van der Waals surface area contributed by atoms with Gasteiger partial charge in [-0.3, -0.25) is 4.79 Å². The standard InChI is InChI=1S/C24H29N3O5/c1-6-16-8-10-17(11-9-16)31-20(7-2)24(28)27(3)15-22-25-23(26-32-22)19-13-12-18(29-4)14-21(19)30-5/h8-14,20H,6-7,15H2,1-5H3/t20-/m1/s1. The van der Waals surface area contributed by atoms with E-state index in [-0.39, 0.29) is 12.5 Å². The maximum absolute atomic E-state index is 12.9. The Morgan fingerprint density at radius 3 is 2.41 bits per heavy atom. The average molecular weight is 440 g/mol. The van der Waals surface area contributed by atoms with Crippen LogP contribution < -0.4 is 14.2 Å². The molecular weight excluding hydrogens is 410 g/mol. The van der Waals surface area contributed by atoms with Crippen molar-refractivity contribution < 1.29 is 23.5 Å². The van der Waals surface area contributed by atoms with E-state index in [2.05, 4.69) is 17.1 Å². The summed E-state index contributed by atoms with van der Waals surface area (Å²) in [6.07, 6.45) is 0.890. The topological polar surface area (TPSA) is 86.9 Å². The van der Waals surface area contributed by atoms with Gasteiger partial charge in [0.25, 0.3) is 5.91 Å². The van der Waals surface area contributed by atoms with Crippen LogP contribution >= 0.6 is 0 Å². The van der Waals surface area contributed by atoms with Crippen molar-refractivity contribution in [2.45, 2.75) is 39.3 Å². The third-order valence-electron chi connectivity index (χ3n) is 5.12. The highest BCUT2D eigenvalue weighted by molar-refractivity contribution is 5.81. The van der Waals surface area contributed by atoms with Gasteiger partial charge in [-0.25, -0.2) is 0 Å². The molecule has 0 spiro atoms. The van der Waals surface area contributed by atoms with Gasteiger partial charge >= 0.3 is 0 Å². The molecule has 0 fully saturated rings. The molecule has 0 bridgehead atoms. The number of nitrogens with zero attached hydrogens (tertiary/aromatic N) is 3. The van der Waals surface area contributed by atoms with E-state index < -0.39 is 6.10 Å². The molecule has 3 rings (SSSR count). The molecule has 0 aliphatic carbocycles. The quantitative estimate of drug-likeness (QED) is 0.469. The summed E-state index contributed by atoms with van der Waals surface area (Å²) in [6, 6.07) is 13.1. The lowest BCUT2D eigenvalue weighted by Crippen LogP contribution is -2.39. The van der Waals surface area contributed by atoms with Gasteiger partial charge < -0.3 is 23.6 Å². The Bertz CT molecular complexity index is 1030. The van der Waals surface area contributed by atoms with Crippen LogP contribution in [0.1, 0.15) is 31.7 Å². The first-order valence-electron chi connectivity index (χ1n) is 10.5. The lowest BCUT2D eigenvalue weighted by Gasteiger charge is -2.22. The van der Waals surface area contributed by atoms with E-state index >= 15 is 0 Å². The number of aromatic nitrogens is 2. The van der Waals surface area contributed by atoms with E-state index in [9.17, 15) is 4.79 Å². The van der Waals surface area contributed by atoms with Crippen LogP contribution in [-0.2, 0) is 17.8 Å². The molecule has 1 heterocycles. The Labute approximate surface area is 188 Å². The molecule has 0 aliphatic heterocycles. The minimum Gasteiger partial charge on any atom is -0.497 e. The van der Waals surface area contributed by atoms with Gasteiger partial charge in [0.05, 0.1) is 26.3 Å². The van der Waals surface area contributed by atoms with Gasteiger partial charge in [-0.2, -0.15) is 4.98 Å². The lowest BCUT2D eigenvalue weighted by molar-refractivity contribution is -0.138. The molecule has 0 unspecified atom stereocenters. The summed E-state index contributed by atoms with van der Waals surface area (Å²) in [5.41, 5.74) is 1.89. The van der Waals surface area contributed by atoms with Gasteiger partial charge in [0, 0.05) is 13.1 Å². The fourth-order valence-corrected chi connectivity index (χ4v) is 3.21. The second-order valence-corrected chi connectivity index (χ2v) is 7.28. The van der Waals surface area contributed by atoms with Crippen molar-refractivity contribution in [1.82, 2.24) is 15.0 Å². The van der Waals surface area contributed by atoms with Crippen molar-refractivity contribution in [1.29, 1.82) is 0 Å². The molecule has 0 radical (unpaired) electrons. The summed E-state index contributed by atoms with van der Waals surface area (Å²) in [5.74, 6) is 2.43. The normalized spacial score (nSPS) is 11.7. The maximum atomic E-state index is 12.9. The molecule has 0 aliphatic rings. The molecule has 32 heavy (non-hydrogen) atoms. The van der Waals surface area contributed by atoms with Crippen molar-refractivity contribution in [2.75, 3.05) is 21.3 Å². The fourth-order valence-electron chi connectivity index (χ4n) is 3.21. The summed E-state index contributed by atoms with van der Waals surface area (Å²) >= 11 is 0. The Morgan fingerprint density at radius 2 is 1.78 bits per heavy atom. The molecular formula is C24H29N3O5. The van der Waals surface area contributed by atoms with E-state index in [1.165, 1.54) is 10.5 Å². The third-order valence-corrected chi connectivity index (χ3v) is 5.12. The van der Waals surface area contributed by atoms with Crippen molar-refractivity contribution in [3.63, 3.8) is 0 Å². The Hall–Kier alpha value is -3.55. The molecule has 1 atom stereocenters. The van der Waals surface area contributed by atoms with Crippen molar-refractivity contribution in [3.05, 3.63) is 53.9 Å². The zero-order chi connectivity index (χ0) is 23.1. The van der Waals surface area contributed by atoms with Gasteiger partial charge in [0.15, 0.2) is 6.10 Å². The van der Waals surface area contributed by atoms with E-state index in [1.807, 2.05) is 31.2 Å². The summed E-state index contributed by atoms with van der Waals surface area (Å²) in [4.78, 5) is 18.9. The summed E-state index contributed by atoms with van der Waals surface area (Å²) < 4.78 is 21.9. The summed E-state index contributed by atoms with van der Waals surface area (Å²) in [5, 5.41) is 4.04. The zero-order valence-corrected chi connectivity index (χ0v) is 19.1. The van der Waals surface area contributed by atoms with Gasteiger partial charge in [-0.1, -0.05) is 31.1 Å². The highest BCUT2D eigenvalue weighted by Gasteiger charge is 2.24. The summed E-state index contributed by atoms with van der Waals surface area (Å²) in [7, 11) is 4.83. The number of ether oxygens (including phenoxy) is 3. The minimum atomic E-state index is -0.600. The predicted molar refractivity (Wildman–Crippen MR) is 120 cm³/mol. The molecule has 8 nitrogen and oxygen atoms in total. The smallest absolute Gasteiger partial charge is 0.263 e. The number of aryl methyl sites for hydroxylation is 1. The van der Waals surface area contributed by atoms with Gasteiger partial charge in [-0.15, -0.1) is 0 Å². The number of likely N-dealkylation sites (N-methyl/N-ethyl adjacent to an activating group) is 1. The molecule has 2 aromatic carbocycles. The van der Waals surface area contributed by atoms with Crippen LogP contribution in [0.3, 0.4) is 0 Å². The maximum Gasteiger partial charge on any atom is 0.263 e. The third kappa shape index (κ3) is 5.38. The number of hydrogen-bond donors (Lipinski definition) is 0. The Balaban J connectivity index is 1.68. The number of benzene rings is 2. The predicted octanol–water partition coefficient (Wildman–Crippen LogP) is 4.13. The van der Waals surface area contributed by atoms with Crippen molar-refractivity contribution >= 4 is 5.91 Å². The number of carbonyl (C=O) groups excluding carboxylic acids is 1. The Kier molecular flexibility index (Phi) is 7.70. The van der Waals surface area contributed by atoms with Crippen LogP contribution in [0.2, 0.25) is 0 Å². The first kappa shape index (κ1) is 23.1. The number of methoxy groups -OCH3 is 2. The molecule has 8 heteroatoms. The Morgan fingerprint density at radius 1 is 1.06 bits per heavy atom. The fraction of sp³-hybridized carbons (Fsp3) is 0.375. The highest BCUT2D eigenvalue weighted by atomic mass is 16.5. The number of rotatable bonds is 10. The molecule has 1 aromatic heterocycles. The van der Waals surface area contributed by atoms with E-state index in [1.54, 1.807) is 39.5 Å². The van der Waals surface area contributed by atoms with Crippen LogP contribution in [0.25, 0.3) is 11.4 Å². The van der Waals surface area contributed by atoms with Crippen LogP contribution in [-0.4, -0.2) is 48.3 Å². The second kappa shape index (κ2) is 10.7. The van der Waals surface area contributed by atoms with Crippen LogP contribution in [0, 0.1) is 0 Å². The molecule has 1 amide bonds. The second-order valence-electron chi connectivity index (χ2n) is 7.28. The van der Waals surface area contributed by atoms with Crippen LogP contribution in [0.4, 0.5) is 0 Å². The van der Waals surface area contributed by atoms with E-state index in [4.69, 9.17) is 18.7 Å². The molecule has 0 saturated heterocycles. The van der Waals surface area contributed by atoms with Crippen LogP contribution in [0.5, 0.6) is 17.2 Å². The lowest BCUT2D eigenvalue weighted by atomic mass is 10.1. The van der Waals surface area contributed by atoms with Crippen molar-refractivity contribution in [3.8, 4) is 28.6 Å². The number of amides is 1. The largest absolute Gasteiger partial charge is 0.497 e. The van der Waals surface area contributed by atoms with Crippen LogP contribution in [0.15, 0.2) is 47.0 Å². The molecule has 0 saturated carbocycles. The van der Waals surface area contributed by atoms with Gasteiger partial charge in [0.1, 0.15) is 17.2 Å². The molecule has 170 valence electrons. The average Bonchev–Trinajstić information content (AvgIpc) is 3.30. The highest BCUT2D eigenvalue weighted by Crippen LogP contribution is 2.31. The summed E-state index contributed by atoms with van der Waals surface area (Å²) in [6.45, 7) is 4.17. The zero-order valence-electron chi connectivity index (χ0n) is 19.1. The SMILES string of the molecule is CCc1ccc(O[C@H](CC)C(=O)N(C)Cc2nc(-c3ccc(OC)cc3OC)no2)cc1. The first-order valence-corrected chi connectivity index (χ1v) is 10.5. The van der Waals surface area contributed by atoms with E-state index in [0.717, 1.165) is 6.42 Å².